The number of nitrogens with one attached hydrogen (secondary N) is 1. The fraction of sp³-hybridized carbons (Fsp3) is 0.647. The SMILES string of the molecule is O=[N+]([O-])C1=CCC(F)=C(Br)C=C1NC1CCN(C2CCOCC2)CC1. The summed E-state index contributed by atoms with van der Waals surface area (Å²) in [5.41, 5.74) is 0.325. The Morgan fingerprint density at radius 2 is 1.96 bits per heavy atom. The van der Waals surface area contributed by atoms with Crippen LogP contribution in [0, 0.1) is 10.1 Å². The number of nitro groups is 1. The Balaban J connectivity index is 1.61. The second kappa shape index (κ2) is 8.42. The highest BCUT2D eigenvalue weighted by molar-refractivity contribution is 9.11. The number of hydrogen-bond donors (Lipinski definition) is 1. The number of likely N-dealkylation sites (tertiary alicyclic amines) is 1. The highest BCUT2D eigenvalue weighted by Crippen LogP contribution is 2.28. The van der Waals surface area contributed by atoms with Crippen molar-refractivity contribution in [2.24, 2.45) is 0 Å². The van der Waals surface area contributed by atoms with Crippen LogP contribution in [0.3, 0.4) is 0 Å². The molecule has 0 unspecified atom stereocenters. The lowest BCUT2D eigenvalue weighted by Crippen LogP contribution is -2.48. The van der Waals surface area contributed by atoms with Crippen molar-refractivity contribution in [2.45, 2.75) is 44.2 Å². The molecule has 0 aromatic heterocycles. The number of rotatable bonds is 4. The van der Waals surface area contributed by atoms with Gasteiger partial charge in [-0.1, -0.05) is 0 Å². The number of allylic oxidation sites excluding steroid dienone is 4. The maximum Gasteiger partial charge on any atom is 0.288 e. The predicted octanol–water partition coefficient (Wildman–Crippen LogP) is 3.24. The van der Waals surface area contributed by atoms with E-state index in [2.05, 4.69) is 26.1 Å². The largest absolute Gasteiger partial charge is 0.381 e. The second-order valence-corrected chi connectivity index (χ2v) is 7.51. The quantitative estimate of drug-likeness (QED) is 0.563. The fourth-order valence-electron chi connectivity index (χ4n) is 3.64. The zero-order chi connectivity index (χ0) is 17.8. The van der Waals surface area contributed by atoms with Gasteiger partial charge in [0.25, 0.3) is 5.70 Å². The standard InChI is InChI=1S/C17H23BrFN3O3/c18-14-11-16(17(22(23)24)2-1-15(14)19)20-12-3-7-21(8-4-12)13-5-9-25-10-6-13/h2,11-13,20H,1,3-10H2. The maximum absolute atomic E-state index is 13.8. The van der Waals surface area contributed by atoms with Gasteiger partial charge in [0.1, 0.15) is 11.5 Å². The second-order valence-electron chi connectivity index (χ2n) is 6.66. The van der Waals surface area contributed by atoms with Gasteiger partial charge in [-0.2, -0.15) is 0 Å². The van der Waals surface area contributed by atoms with Gasteiger partial charge in [-0.05, 0) is 47.7 Å². The summed E-state index contributed by atoms with van der Waals surface area (Å²) in [5.74, 6) is -0.398. The van der Waals surface area contributed by atoms with Crippen LogP contribution in [0.5, 0.6) is 0 Å². The highest BCUT2D eigenvalue weighted by Gasteiger charge is 2.29. The summed E-state index contributed by atoms with van der Waals surface area (Å²) in [5, 5.41) is 14.6. The molecule has 138 valence electrons. The number of hydrogen-bond acceptors (Lipinski definition) is 5. The Morgan fingerprint density at radius 3 is 2.60 bits per heavy atom. The first kappa shape index (κ1) is 18.5. The minimum Gasteiger partial charge on any atom is -0.381 e. The van der Waals surface area contributed by atoms with Gasteiger partial charge in [-0.25, -0.2) is 4.39 Å². The molecule has 0 bridgehead atoms. The third-order valence-electron chi connectivity index (χ3n) is 5.07. The van der Waals surface area contributed by atoms with E-state index in [4.69, 9.17) is 4.74 Å². The summed E-state index contributed by atoms with van der Waals surface area (Å²) < 4.78 is 19.4. The Morgan fingerprint density at radius 1 is 1.28 bits per heavy atom. The minimum atomic E-state index is -0.450. The van der Waals surface area contributed by atoms with E-state index in [0.29, 0.717) is 11.7 Å². The molecular formula is C17H23BrFN3O3. The average molecular weight is 416 g/mol. The Labute approximate surface area is 155 Å². The lowest BCUT2D eigenvalue weighted by Gasteiger charge is -2.39. The fourth-order valence-corrected chi connectivity index (χ4v) is 4.03. The lowest BCUT2D eigenvalue weighted by atomic mass is 9.99. The summed E-state index contributed by atoms with van der Waals surface area (Å²) in [6.07, 6.45) is 6.75. The molecule has 3 rings (SSSR count). The van der Waals surface area contributed by atoms with Gasteiger partial charge in [-0.3, -0.25) is 10.1 Å². The van der Waals surface area contributed by atoms with Gasteiger partial charge in [0, 0.05) is 50.9 Å². The minimum absolute atomic E-state index is 0.0588. The van der Waals surface area contributed by atoms with Crippen LogP contribution in [-0.2, 0) is 4.74 Å². The molecular weight excluding hydrogens is 393 g/mol. The first-order chi connectivity index (χ1) is 12.0. The average Bonchev–Trinajstić information content (AvgIpc) is 2.75. The van der Waals surface area contributed by atoms with E-state index < -0.39 is 10.8 Å². The molecule has 25 heavy (non-hydrogen) atoms. The topological polar surface area (TPSA) is 67.6 Å². The van der Waals surface area contributed by atoms with E-state index in [1.54, 1.807) is 0 Å². The smallest absolute Gasteiger partial charge is 0.288 e. The van der Waals surface area contributed by atoms with Crippen LogP contribution in [0.2, 0.25) is 0 Å². The summed E-state index contributed by atoms with van der Waals surface area (Å²) in [6, 6.07) is 0.749. The summed E-state index contributed by atoms with van der Waals surface area (Å²) in [4.78, 5) is 13.4. The molecule has 3 aliphatic rings. The van der Waals surface area contributed by atoms with Gasteiger partial charge in [-0.15, -0.1) is 0 Å². The summed E-state index contributed by atoms with van der Waals surface area (Å²) in [7, 11) is 0. The molecule has 1 aliphatic carbocycles. The van der Waals surface area contributed by atoms with Gasteiger partial charge in [0.15, 0.2) is 0 Å². The third-order valence-corrected chi connectivity index (χ3v) is 5.73. The van der Waals surface area contributed by atoms with Crippen molar-refractivity contribution in [3.63, 3.8) is 0 Å². The number of ether oxygens (including phenoxy) is 1. The molecule has 2 aliphatic heterocycles. The normalized spacial score (nSPS) is 24.6. The van der Waals surface area contributed by atoms with E-state index in [1.807, 2.05) is 0 Å². The maximum atomic E-state index is 13.8. The van der Waals surface area contributed by atoms with Crippen molar-refractivity contribution in [2.75, 3.05) is 26.3 Å². The van der Waals surface area contributed by atoms with E-state index in [1.165, 1.54) is 12.2 Å². The molecule has 0 amide bonds. The predicted molar refractivity (Wildman–Crippen MR) is 96.4 cm³/mol. The van der Waals surface area contributed by atoms with Gasteiger partial charge in [0.2, 0.25) is 0 Å². The zero-order valence-corrected chi connectivity index (χ0v) is 15.6. The summed E-state index contributed by atoms with van der Waals surface area (Å²) in [6.45, 7) is 3.61. The zero-order valence-electron chi connectivity index (χ0n) is 14.0. The van der Waals surface area contributed by atoms with Crippen molar-refractivity contribution in [3.05, 3.63) is 44.0 Å². The van der Waals surface area contributed by atoms with E-state index >= 15 is 0 Å². The van der Waals surface area contributed by atoms with Gasteiger partial charge < -0.3 is 15.0 Å². The highest BCUT2D eigenvalue weighted by atomic mass is 79.9. The van der Waals surface area contributed by atoms with Crippen LogP contribution in [-0.4, -0.2) is 48.2 Å². The van der Waals surface area contributed by atoms with Crippen LogP contribution < -0.4 is 5.32 Å². The number of halogens is 2. The first-order valence-corrected chi connectivity index (χ1v) is 9.53. The molecule has 1 N–H and O–H groups in total. The molecule has 2 heterocycles. The monoisotopic (exact) mass is 415 g/mol. The van der Waals surface area contributed by atoms with Crippen LogP contribution >= 0.6 is 15.9 Å². The first-order valence-electron chi connectivity index (χ1n) is 8.73. The van der Waals surface area contributed by atoms with Crippen LogP contribution in [0.1, 0.15) is 32.1 Å². The Kier molecular flexibility index (Phi) is 6.24. The number of nitrogens with zero attached hydrogens (tertiary/aromatic N) is 2. The van der Waals surface area contributed by atoms with E-state index in [0.717, 1.165) is 52.0 Å². The van der Waals surface area contributed by atoms with Crippen molar-refractivity contribution in [3.8, 4) is 0 Å². The molecule has 8 heteroatoms. The molecule has 2 fully saturated rings. The Hall–Kier alpha value is -1.25. The van der Waals surface area contributed by atoms with Crippen LogP contribution in [0.15, 0.2) is 33.9 Å². The molecule has 0 spiro atoms. The van der Waals surface area contributed by atoms with Crippen LogP contribution in [0.25, 0.3) is 0 Å². The van der Waals surface area contributed by atoms with Crippen molar-refractivity contribution < 1.29 is 14.1 Å². The number of piperidine rings is 1. The lowest BCUT2D eigenvalue weighted by molar-refractivity contribution is -0.421. The van der Waals surface area contributed by atoms with Crippen molar-refractivity contribution in [1.29, 1.82) is 0 Å². The Bertz CT molecular complexity index is 606. The third kappa shape index (κ3) is 4.68. The van der Waals surface area contributed by atoms with E-state index in [9.17, 15) is 14.5 Å². The van der Waals surface area contributed by atoms with E-state index in [-0.39, 0.29) is 22.6 Å². The molecule has 0 radical (unpaired) electrons. The van der Waals surface area contributed by atoms with Gasteiger partial charge in [0.05, 0.1) is 9.41 Å². The summed E-state index contributed by atoms with van der Waals surface area (Å²) >= 11 is 3.16. The molecule has 0 aromatic rings. The molecule has 0 atom stereocenters. The van der Waals surface area contributed by atoms with Crippen LogP contribution in [0.4, 0.5) is 4.39 Å². The molecule has 0 aromatic carbocycles. The van der Waals surface area contributed by atoms with Crippen molar-refractivity contribution in [1.82, 2.24) is 10.2 Å². The van der Waals surface area contributed by atoms with Crippen molar-refractivity contribution >= 4 is 15.9 Å². The molecule has 0 saturated carbocycles. The molecule has 2 saturated heterocycles. The van der Waals surface area contributed by atoms with Gasteiger partial charge >= 0.3 is 0 Å². The molecule has 6 nitrogen and oxygen atoms in total.